The second-order valence-electron chi connectivity index (χ2n) is 11.7. The number of rotatable bonds is 13. The van der Waals surface area contributed by atoms with E-state index < -0.39 is 70.9 Å². The molecule has 1 aliphatic heterocycles. The van der Waals surface area contributed by atoms with E-state index in [9.17, 15) is 42.6 Å². The van der Waals surface area contributed by atoms with Gasteiger partial charge < -0.3 is 26.2 Å². The minimum Gasteiger partial charge on any atom is -0.480 e. The van der Waals surface area contributed by atoms with Gasteiger partial charge in [0.05, 0.1) is 5.54 Å². The summed E-state index contributed by atoms with van der Waals surface area (Å²) in [5.41, 5.74) is 5.46. The number of hydrogen-bond donors (Lipinski definition) is 5. The maximum absolute atomic E-state index is 14.0. The lowest BCUT2D eigenvalue weighted by Gasteiger charge is -2.37. The summed E-state index contributed by atoms with van der Waals surface area (Å²) in [5.74, 6) is -7.04. The van der Waals surface area contributed by atoms with Gasteiger partial charge in [-0.25, -0.2) is 18.0 Å². The molecule has 0 bridgehead atoms. The molecular formula is C31H37F3N4O6. The van der Waals surface area contributed by atoms with Crippen molar-refractivity contribution >= 4 is 23.8 Å². The lowest BCUT2D eigenvalue weighted by atomic mass is 9.92. The number of nitrogens with two attached hydrogens (primary N) is 1. The normalized spacial score (nSPS) is 20.7. The fraction of sp³-hybridized carbons (Fsp3) is 0.484. The molecule has 2 fully saturated rings. The van der Waals surface area contributed by atoms with Crippen LogP contribution in [0.15, 0.2) is 42.5 Å². The maximum atomic E-state index is 14.0. The van der Waals surface area contributed by atoms with E-state index in [2.05, 4.69) is 10.6 Å². The van der Waals surface area contributed by atoms with Crippen molar-refractivity contribution in [2.24, 2.45) is 5.73 Å². The molecule has 4 rings (SSSR count). The monoisotopic (exact) mass is 618 g/mol. The van der Waals surface area contributed by atoms with Gasteiger partial charge in [-0.15, -0.1) is 0 Å². The molecule has 2 aliphatic rings. The van der Waals surface area contributed by atoms with E-state index >= 15 is 0 Å². The third kappa shape index (κ3) is 7.94. The minimum absolute atomic E-state index is 0.0771. The quantitative estimate of drug-likeness (QED) is 0.214. The van der Waals surface area contributed by atoms with E-state index in [0.717, 1.165) is 5.56 Å². The summed E-state index contributed by atoms with van der Waals surface area (Å²) in [7, 11) is 0. The van der Waals surface area contributed by atoms with Crippen LogP contribution in [0.5, 0.6) is 0 Å². The highest BCUT2D eigenvalue weighted by molar-refractivity contribution is 5.92. The smallest absolute Gasteiger partial charge is 0.326 e. The van der Waals surface area contributed by atoms with Crippen molar-refractivity contribution in [1.82, 2.24) is 15.5 Å². The first-order chi connectivity index (χ1) is 20.9. The molecule has 0 aromatic heterocycles. The SMILES string of the molecule is N[C@@H](CC(=O)N[C@H]1C[C@@H](C(=O)O)N(C(=O)C2(N[C@@H](CCc3ccccc3)C(=O)O)CCCC2)C1)Cc1cc(F)c(F)cc1F. The number of halogens is 3. The fourth-order valence-electron chi connectivity index (χ4n) is 6.22. The van der Waals surface area contributed by atoms with Crippen molar-refractivity contribution in [2.75, 3.05) is 6.54 Å². The van der Waals surface area contributed by atoms with Crippen molar-refractivity contribution in [2.45, 2.75) is 87.5 Å². The minimum atomic E-state index is -1.34. The van der Waals surface area contributed by atoms with Crippen LogP contribution in [0.2, 0.25) is 0 Å². The number of aliphatic carboxylic acids is 2. The number of amides is 2. The molecule has 44 heavy (non-hydrogen) atoms. The summed E-state index contributed by atoms with van der Waals surface area (Å²) < 4.78 is 40.8. The van der Waals surface area contributed by atoms with E-state index in [-0.39, 0.29) is 37.8 Å². The highest BCUT2D eigenvalue weighted by Crippen LogP contribution is 2.35. The number of carbonyl (C=O) groups excluding carboxylic acids is 2. The topological polar surface area (TPSA) is 162 Å². The Morgan fingerprint density at radius 2 is 1.66 bits per heavy atom. The summed E-state index contributed by atoms with van der Waals surface area (Å²) in [6.07, 6.45) is 2.07. The van der Waals surface area contributed by atoms with Gasteiger partial charge in [0.15, 0.2) is 11.6 Å². The molecule has 10 nitrogen and oxygen atoms in total. The van der Waals surface area contributed by atoms with Gasteiger partial charge in [-0.05, 0) is 49.3 Å². The van der Waals surface area contributed by atoms with Crippen molar-refractivity contribution in [3.05, 3.63) is 71.0 Å². The van der Waals surface area contributed by atoms with Crippen LogP contribution in [0.25, 0.3) is 0 Å². The number of nitrogens with one attached hydrogen (secondary N) is 2. The molecule has 1 heterocycles. The summed E-state index contributed by atoms with van der Waals surface area (Å²) >= 11 is 0. The summed E-state index contributed by atoms with van der Waals surface area (Å²) in [5, 5.41) is 25.7. The van der Waals surface area contributed by atoms with Crippen molar-refractivity contribution in [3.63, 3.8) is 0 Å². The molecular weight excluding hydrogens is 581 g/mol. The molecule has 0 unspecified atom stereocenters. The highest BCUT2D eigenvalue weighted by Gasteiger charge is 2.50. The first-order valence-electron chi connectivity index (χ1n) is 14.6. The van der Waals surface area contributed by atoms with Crippen LogP contribution in [0.3, 0.4) is 0 Å². The molecule has 1 aliphatic carbocycles. The van der Waals surface area contributed by atoms with Gasteiger partial charge in [0.25, 0.3) is 0 Å². The Kier molecular flexibility index (Phi) is 10.6. The predicted octanol–water partition coefficient (Wildman–Crippen LogP) is 2.52. The van der Waals surface area contributed by atoms with Gasteiger partial charge in [-0.3, -0.25) is 19.7 Å². The molecule has 6 N–H and O–H groups in total. The lowest BCUT2D eigenvalue weighted by Crippen LogP contribution is -2.62. The molecule has 4 atom stereocenters. The number of likely N-dealkylation sites (tertiary alicyclic amines) is 1. The third-order valence-electron chi connectivity index (χ3n) is 8.41. The van der Waals surface area contributed by atoms with E-state index in [1.165, 1.54) is 4.90 Å². The molecule has 0 spiro atoms. The molecule has 238 valence electrons. The standard InChI is InChI=1S/C31H37F3N4O6/c32-22-16-24(34)23(33)13-19(22)12-20(35)14-27(39)36-21-15-26(29(42)43)38(17-21)30(44)31(10-4-5-11-31)37-25(28(40)41)9-8-18-6-2-1-3-7-18/h1-3,6-7,13,16,20-21,25-26,37H,4-5,8-12,14-15,17,35H2,(H,36,39)(H,40,41)(H,42,43)/t20-,21+,25+,26+/m1/s1. The van der Waals surface area contributed by atoms with E-state index in [4.69, 9.17) is 5.73 Å². The summed E-state index contributed by atoms with van der Waals surface area (Å²) in [6.45, 7) is -0.111. The zero-order valence-corrected chi connectivity index (χ0v) is 24.1. The molecule has 2 aromatic carbocycles. The van der Waals surface area contributed by atoms with Gasteiger partial charge in [-0.1, -0.05) is 43.2 Å². The van der Waals surface area contributed by atoms with Crippen LogP contribution in [0, 0.1) is 17.5 Å². The number of carboxylic acids is 2. The van der Waals surface area contributed by atoms with Gasteiger partial charge in [0.1, 0.15) is 17.9 Å². The Hall–Kier alpha value is -3.97. The number of hydrogen-bond acceptors (Lipinski definition) is 6. The lowest BCUT2D eigenvalue weighted by molar-refractivity contribution is -0.152. The van der Waals surface area contributed by atoms with Gasteiger partial charge in [0.2, 0.25) is 11.8 Å². The maximum Gasteiger partial charge on any atom is 0.326 e. The van der Waals surface area contributed by atoms with Crippen LogP contribution >= 0.6 is 0 Å². The van der Waals surface area contributed by atoms with Crippen LogP contribution < -0.4 is 16.4 Å². The van der Waals surface area contributed by atoms with Crippen LogP contribution in [0.1, 0.15) is 56.1 Å². The van der Waals surface area contributed by atoms with Crippen molar-refractivity contribution in [3.8, 4) is 0 Å². The van der Waals surface area contributed by atoms with Crippen LogP contribution in [0.4, 0.5) is 13.2 Å². The Labute approximate surface area is 252 Å². The predicted molar refractivity (Wildman–Crippen MR) is 153 cm³/mol. The molecule has 1 saturated carbocycles. The molecule has 1 saturated heterocycles. The first-order valence-corrected chi connectivity index (χ1v) is 14.6. The Morgan fingerprint density at radius 3 is 2.30 bits per heavy atom. The van der Waals surface area contributed by atoms with Gasteiger partial charge in [-0.2, -0.15) is 0 Å². The first kappa shape index (κ1) is 32.9. The highest BCUT2D eigenvalue weighted by atomic mass is 19.2. The second kappa shape index (κ2) is 14.2. The van der Waals surface area contributed by atoms with Crippen LogP contribution in [-0.2, 0) is 32.0 Å². The van der Waals surface area contributed by atoms with Crippen molar-refractivity contribution in [1.29, 1.82) is 0 Å². The summed E-state index contributed by atoms with van der Waals surface area (Å²) in [4.78, 5) is 52.3. The third-order valence-corrected chi connectivity index (χ3v) is 8.41. The largest absolute Gasteiger partial charge is 0.480 e. The second-order valence-corrected chi connectivity index (χ2v) is 11.7. The number of nitrogens with zero attached hydrogens (tertiary/aromatic N) is 1. The van der Waals surface area contributed by atoms with E-state index in [1.54, 1.807) is 0 Å². The van der Waals surface area contributed by atoms with E-state index in [0.29, 0.717) is 44.2 Å². The average molecular weight is 619 g/mol. The molecule has 2 aromatic rings. The van der Waals surface area contributed by atoms with Gasteiger partial charge >= 0.3 is 11.9 Å². The molecule has 13 heteroatoms. The van der Waals surface area contributed by atoms with Gasteiger partial charge in [0, 0.05) is 37.5 Å². The molecule has 2 amide bonds. The zero-order chi connectivity index (χ0) is 32.0. The summed E-state index contributed by atoms with van der Waals surface area (Å²) in [6, 6.07) is 6.47. The van der Waals surface area contributed by atoms with Crippen molar-refractivity contribution < 1.29 is 42.6 Å². The Balaban J connectivity index is 1.41. The zero-order valence-electron chi connectivity index (χ0n) is 24.1. The fourth-order valence-corrected chi connectivity index (χ4v) is 6.22. The number of carboxylic acid groups (broad SMARTS) is 2. The van der Waals surface area contributed by atoms with Crippen LogP contribution in [-0.4, -0.2) is 75.1 Å². The number of aryl methyl sites for hydroxylation is 1. The molecule has 0 radical (unpaired) electrons. The number of carbonyl (C=O) groups is 4. The average Bonchev–Trinajstić information content (AvgIpc) is 3.62. The Morgan fingerprint density at radius 1 is 1.00 bits per heavy atom. The van der Waals surface area contributed by atoms with E-state index in [1.807, 2.05) is 30.3 Å². The number of benzene rings is 2. The Bertz CT molecular complexity index is 1370.